The van der Waals surface area contributed by atoms with E-state index in [1.165, 1.54) is 10.9 Å². The second-order valence-electron chi connectivity index (χ2n) is 9.70. The standard InChI is InChI=1S/C29H30N4O2S/c1-32-20-26(25-9-5-6-10-28(25)32)29(33-16-14-23(19-33)21-7-3-2-4-8-21)18-31-36(34,35)24-12-11-22-13-15-30-27(22)17-24/h2-13,15,17,20,23,29-31H,14,16,18-19H2,1H3/t23-,29+/m0/s1. The van der Waals surface area contributed by atoms with E-state index in [0.29, 0.717) is 12.5 Å². The average molecular weight is 499 g/mol. The van der Waals surface area contributed by atoms with E-state index in [-0.39, 0.29) is 10.9 Å². The summed E-state index contributed by atoms with van der Waals surface area (Å²) in [6.45, 7) is 2.12. The van der Waals surface area contributed by atoms with Gasteiger partial charge in [-0.05, 0) is 59.7 Å². The van der Waals surface area contributed by atoms with Gasteiger partial charge in [0.25, 0.3) is 0 Å². The van der Waals surface area contributed by atoms with Gasteiger partial charge in [0.05, 0.1) is 10.9 Å². The van der Waals surface area contributed by atoms with E-state index in [9.17, 15) is 8.42 Å². The number of nitrogens with zero attached hydrogens (tertiary/aromatic N) is 2. The molecule has 1 aliphatic heterocycles. The van der Waals surface area contributed by atoms with Crippen LogP contribution in [0.4, 0.5) is 0 Å². The number of H-pyrrole nitrogens is 1. The van der Waals surface area contributed by atoms with Gasteiger partial charge in [0.2, 0.25) is 10.0 Å². The van der Waals surface area contributed by atoms with Crippen molar-refractivity contribution in [2.24, 2.45) is 7.05 Å². The zero-order valence-electron chi connectivity index (χ0n) is 20.3. The highest BCUT2D eigenvalue weighted by atomic mass is 32.2. The van der Waals surface area contributed by atoms with E-state index < -0.39 is 10.0 Å². The molecule has 2 atom stereocenters. The molecule has 0 amide bonds. The number of nitrogens with one attached hydrogen (secondary N) is 2. The van der Waals surface area contributed by atoms with Crippen LogP contribution >= 0.6 is 0 Å². The number of sulfonamides is 1. The largest absolute Gasteiger partial charge is 0.361 e. The van der Waals surface area contributed by atoms with Crippen molar-refractivity contribution in [2.75, 3.05) is 19.6 Å². The van der Waals surface area contributed by atoms with Crippen molar-refractivity contribution >= 4 is 31.8 Å². The van der Waals surface area contributed by atoms with Crippen molar-refractivity contribution in [3.63, 3.8) is 0 Å². The van der Waals surface area contributed by atoms with E-state index >= 15 is 0 Å². The molecule has 1 aliphatic rings. The Labute approximate surface area is 211 Å². The molecule has 1 saturated heterocycles. The minimum absolute atomic E-state index is 0.0752. The van der Waals surface area contributed by atoms with E-state index in [2.05, 4.69) is 80.9 Å². The van der Waals surface area contributed by atoms with E-state index in [1.54, 1.807) is 12.1 Å². The maximum atomic E-state index is 13.4. The average Bonchev–Trinajstić information content (AvgIpc) is 3.64. The van der Waals surface area contributed by atoms with Crippen molar-refractivity contribution < 1.29 is 8.42 Å². The SMILES string of the molecule is Cn1cc([C@@H](CNS(=O)(=O)c2ccc3cc[nH]c3c2)N2CC[C@H](c3ccccc3)C2)c2ccccc21. The zero-order chi connectivity index (χ0) is 24.7. The van der Waals surface area contributed by atoms with Crippen molar-refractivity contribution in [2.45, 2.75) is 23.3 Å². The molecule has 36 heavy (non-hydrogen) atoms. The molecule has 0 aliphatic carbocycles. The summed E-state index contributed by atoms with van der Waals surface area (Å²) < 4.78 is 31.8. The monoisotopic (exact) mass is 498 g/mol. The Morgan fingerprint density at radius 2 is 1.83 bits per heavy atom. The maximum Gasteiger partial charge on any atom is 0.240 e. The Hall–Kier alpha value is -3.39. The second kappa shape index (κ2) is 9.24. The van der Waals surface area contributed by atoms with Crippen LogP contribution in [0.3, 0.4) is 0 Å². The fourth-order valence-electron chi connectivity index (χ4n) is 5.61. The minimum Gasteiger partial charge on any atom is -0.361 e. The van der Waals surface area contributed by atoms with Gasteiger partial charge in [-0.15, -0.1) is 0 Å². The first kappa shape index (κ1) is 23.0. The zero-order valence-corrected chi connectivity index (χ0v) is 21.1. The molecular weight excluding hydrogens is 468 g/mol. The number of benzene rings is 3. The van der Waals surface area contributed by atoms with E-state index in [4.69, 9.17) is 0 Å². The second-order valence-corrected chi connectivity index (χ2v) is 11.5. The number of aryl methyl sites for hydroxylation is 1. The van der Waals surface area contributed by atoms with E-state index in [0.717, 1.165) is 41.5 Å². The van der Waals surface area contributed by atoms with Gasteiger partial charge in [-0.1, -0.05) is 54.6 Å². The number of fused-ring (bicyclic) bond motifs is 2. The summed E-state index contributed by atoms with van der Waals surface area (Å²) in [7, 11) is -1.63. The summed E-state index contributed by atoms with van der Waals surface area (Å²) in [4.78, 5) is 5.82. The lowest BCUT2D eigenvalue weighted by atomic mass is 9.98. The highest BCUT2D eigenvalue weighted by Crippen LogP contribution is 2.36. The molecule has 2 N–H and O–H groups in total. The first-order valence-electron chi connectivity index (χ1n) is 12.4. The van der Waals surface area contributed by atoms with E-state index in [1.807, 2.05) is 24.4 Å². The molecule has 2 aromatic heterocycles. The number of likely N-dealkylation sites (tertiary alicyclic amines) is 1. The summed E-state index contributed by atoms with van der Waals surface area (Å²) in [5, 5.41) is 2.16. The van der Waals surface area contributed by atoms with Crippen LogP contribution in [0.1, 0.15) is 29.5 Å². The summed E-state index contributed by atoms with van der Waals surface area (Å²) in [5.74, 6) is 0.440. The molecule has 3 heterocycles. The molecule has 1 fully saturated rings. The van der Waals surface area contributed by atoms with Crippen LogP contribution < -0.4 is 4.72 Å². The number of aromatic amines is 1. The fraction of sp³-hybridized carbons (Fsp3) is 0.241. The lowest BCUT2D eigenvalue weighted by Crippen LogP contribution is -2.37. The summed E-state index contributed by atoms with van der Waals surface area (Å²) in [6, 6.07) is 26.0. The molecule has 6 rings (SSSR count). The van der Waals surface area contributed by atoms with Gasteiger partial charge in [0.15, 0.2) is 0 Å². The maximum absolute atomic E-state index is 13.4. The topological polar surface area (TPSA) is 70.1 Å². The van der Waals surface area contributed by atoms with Crippen molar-refractivity contribution in [3.8, 4) is 0 Å². The first-order chi connectivity index (χ1) is 17.5. The van der Waals surface area contributed by atoms with Gasteiger partial charge >= 0.3 is 0 Å². The predicted molar refractivity (Wildman–Crippen MR) is 145 cm³/mol. The van der Waals surface area contributed by atoms with Crippen LogP contribution in [-0.2, 0) is 17.1 Å². The molecule has 5 aromatic rings. The smallest absolute Gasteiger partial charge is 0.240 e. The van der Waals surface area contributed by atoms with Gasteiger partial charge in [-0.25, -0.2) is 13.1 Å². The molecule has 0 spiro atoms. The number of aromatic nitrogens is 2. The summed E-state index contributed by atoms with van der Waals surface area (Å²) >= 11 is 0. The van der Waals surface area contributed by atoms with Crippen LogP contribution in [-0.4, -0.2) is 42.5 Å². The molecule has 0 radical (unpaired) electrons. The Balaban J connectivity index is 1.32. The molecule has 3 aromatic carbocycles. The number of hydrogen-bond acceptors (Lipinski definition) is 3. The van der Waals surface area contributed by atoms with Crippen molar-refractivity contribution in [1.82, 2.24) is 19.2 Å². The quantitative estimate of drug-likeness (QED) is 0.325. The minimum atomic E-state index is -3.68. The molecule has 0 saturated carbocycles. The molecule has 0 unspecified atom stereocenters. The number of hydrogen-bond donors (Lipinski definition) is 2. The molecule has 7 heteroatoms. The third-order valence-corrected chi connectivity index (χ3v) is 8.94. The van der Waals surface area contributed by atoms with Gasteiger partial charge in [0, 0.05) is 49.0 Å². The fourth-order valence-corrected chi connectivity index (χ4v) is 6.67. The third kappa shape index (κ3) is 4.23. The normalized spacial score (nSPS) is 17.8. The van der Waals surface area contributed by atoms with Crippen LogP contribution in [0.15, 0.2) is 96.2 Å². The Bertz CT molecular complexity index is 1620. The predicted octanol–water partition coefficient (Wildman–Crippen LogP) is 5.17. The summed E-state index contributed by atoms with van der Waals surface area (Å²) in [5.41, 5.74) is 4.46. The van der Waals surface area contributed by atoms with Crippen LogP contribution in [0, 0.1) is 0 Å². The molecular formula is C29H30N4O2S. The lowest BCUT2D eigenvalue weighted by molar-refractivity contribution is 0.244. The van der Waals surface area contributed by atoms with Crippen LogP contribution in [0.5, 0.6) is 0 Å². The Morgan fingerprint density at radius 3 is 2.69 bits per heavy atom. The Morgan fingerprint density at radius 1 is 1.03 bits per heavy atom. The van der Waals surface area contributed by atoms with Crippen LogP contribution in [0.2, 0.25) is 0 Å². The van der Waals surface area contributed by atoms with Gasteiger partial charge in [-0.2, -0.15) is 0 Å². The highest BCUT2D eigenvalue weighted by Gasteiger charge is 2.32. The van der Waals surface area contributed by atoms with Crippen molar-refractivity contribution in [1.29, 1.82) is 0 Å². The molecule has 0 bridgehead atoms. The van der Waals surface area contributed by atoms with Crippen LogP contribution in [0.25, 0.3) is 21.8 Å². The van der Waals surface area contributed by atoms with Gasteiger partial charge in [0.1, 0.15) is 0 Å². The Kier molecular flexibility index (Phi) is 5.91. The van der Waals surface area contributed by atoms with Gasteiger partial charge < -0.3 is 9.55 Å². The molecule has 6 nitrogen and oxygen atoms in total. The lowest BCUT2D eigenvalue weighted by Gasteiger charge is -2.28. The van der Waals surface area contributed by atoms with Crippen molar-refractivity contribution in [3.05, 3.63) is 102 Å². The first-order valence-corrected chi connectivity index (χ1v) is 13.9. The highest BCUT2D eigenvalue weighted by molar-refractivity contribution is 7.89. The third-order valence-electron chi connectivity index (χ3n) is 7.52. The number of rotatable bonds is 7. The summed E-state index contributed by atoms with van der Waals surface area (Å²) in [6.07, 6.45) is 5.04. The molecule has 184 valence electrons. The number of para-hydroxylation sites is 1. The van der Waals surface area contributed by atoms with Gasteiger partial charge in [-0.3, -0.25) is 4.90 Å².